The Labute approximate surface area is 287 Å². The molecule has 0 aliphatic carbocycles. The number of anilines is 1. The van der Waals surface area contributed by atoms with Crippen LogP contribution in [0.25, 0.3) is 0 Å². The first kappa shape index (κ1) is 35.8. The fourth-order valence-corrected chi connectivity index (χ4v) is 6.75. The Morgan fingerprint density at radius 3 is 2.09 bits per heavy atom. The van der Waals surface area contributed by atoms with Crippen molar-refractivity contribution in [1.29, 1.82) is 0 Å². The first-order chi connectivity index (χ1) is 22.4. The summed E-state index contributed by atoms with van der Waals surface area (Å²) in [6, 6.07) is 26.0. The SMILES string of the molecule is CC[C@H](C)NC(=O)[C@H](CC)N(Cc1ccc(Cl)cc1Cl)C(=O)CN(c1ccc(Oc2ccccc2)cc1)S(=O)(=O)c1ccc(C)cc1. The normalized spacial score (nSPS) is 12.6. The van der Waals surface area contributed by atoms with Crippen LogP contribution in [0, 0.1) is 6.92 Å². The van der Waals surface area contributed by atoms with Crippen molar-refractivity contribution >= 4 is 50.7 Å². The summed E-state index contributed by atoms with van der Waals surface area (Å²) >= 11 is 12.6. The van der Waals surface area contributed by atoms with Crippen molar-refractivity contribution < 1.29 is 22.7 Å². The van der Waals surface area contributed by atoms with E-state index in [0.29, 0.717) is 33.5 Å². The molecule has 0 saturated carbocycles. The van der Waals surface area contributed by atoms with Gasteiger partial charge in [-0.1, -0.05) is 79.0 Å². The molecule has 4 rings (SSSR count). The van der Waals surface area contributed by atoms with Crippen molar-refractivity contribution in [3.8, 4) is 11.5 Å². The summed E-state index contributed by atoms with van der Waals surface area (Å²) in [7, 11) is -4.23. The number of hydrogen-bond donors (Lipinski definition) is 1. The Morgan fingerprint density at radius 1 is 0.851 bits per heavy atom. The van der Waals surface area contributed by atoms with Crippen LogP contribution in [0.1, 0.15) is 44.7 Å². The average Bonchev–Trinajstić information content (AvgIpc) is 3.05. The lowest BCUT2D eigenvalue weighted by atomic mass is 10.1. The highest BCUT2D eigenvalue weighted by Crippen LogP contribution is 2.30. The molecule has 47 heavy (non-hydrogen) atoms. The topological polar surface area (TPSA) is 96.0 Å². The second kappa shape index (κ2) is 16.2. The van der Waals surface area contributed by atoms with Gasteiger partial charge in [0.2, 0.25) is 11.8 Å². The van der Waals surface area contributed by atoms with Crippen molar-refractivity contribution in [3.63, 3.8) is 0 Å². The third-order valence-electron chi connectivity index (χ3n) is 7.73. The van der Waals surface area contributed by atoms with Crippen molar-refractivity contribution in [1.82, 2.24) is 10.2 Å². The monoisotopic (exact) mass is 695 g/mol. The van der Waals surface area contributed by atoms with Crippen LogP contribution in [0.15, 0.2) is 102 Å². The zero-order valence-corrected chi connectivity index (χ0v) is 29.1. The number of sulfonamides is 1. The molecule has 0 saturated heterocycles. The molecule has 0 bridgehead atoms. The van der Waals surface area contributed by atoms with Gasteiger partial charge in [0.15, 0.2) is 0 Å². The lowest BCUT2D eigenvalue weighted by molar-refractivity contribution is -0.140. The van der Waals surface area contributed by atoms with E-state index in [1.807, 2.05) is 51.1 Å². The van der Waals surface area contributed by atoms with Gasteiger partial charge >= 0.3 is 0 Å². The zero-order chi connectivity index (χ0) is 34.1. The van der Waals surface area contributed by atoms with Gasteiger partial charge in [0.05, 0.1) is 10.6 Å². The van der Waals surface area contributed by atoms with Crippen molar-refractivity contribution in [2.24, 2.45) is 0 Å². The van der Waals surface area contributed by atoms with Gasteiger partial charge in [-0.05, 0) is 92.9 Å². The number of nitrogens with one attached hydrogen (secondary N) is 1. The molecule has 2 amide bonds. The second-order valence-electron chi connectivity index (χ2n) is 11.2. The summed E-state index contributed by atoms with van der Waals surface area (Å²) in [5, 5.41) is 3.71. The molecule has 0 aliphatic heterocycles. The highest BCUT2D eigenvalue weighted by Gasteiger charge is 2.34. The maximum atomic E-state index is 14.4. The smallest absolute Gasteiger partial charge is 0.264 e. The first-order valence-corrected chi connectivity index (χ1v) is 17.6. The third-order valence-corrected chi connectivity index (χ3v) is 10.1. The Kier molecular flexibility index (Phi) is 12.3. The summed E-state index contributed by atoms with van der Waals surface area (Å²) in [4.78, 5) is 29.3. The molecule has 0 radical (unpaired) electrons. The lowest BCUT2D eigenvalue weighted by Crippen LogP contribution is -2.53. The van der Waals surface area contributed by atoms with E-state index < -0.39 is 28.5 Å². The Bertz CT molecular complexity index is 1770. The highest BCUT2D eigenvalue weighted by atomic mass is 35.5. The van der Waals surface area contributed by atoms with E-state index >= 15 is 0 Å². The quantitative estimate of drug-likeness (QED) is 0.144. The predicted molar refractivity (Wildman–Crippen MR) is 188 cm³/mol. The van der Waals surface area contributed by atoms with Gasteiger partial charge in [-0.2, -0.15) is 0 Å². The van der Waals surface area contributed by atoms with Crippen LogP contribution in [-0.2, 0) is 26.2 Å². The van der Waals surface area contributed by atoms with Crippen molar-refractivity contribution in [3.05, 3.63) is 118 Å². The molecule has 2 atom stereocenters. The molecular weight excluding hydrogens is 657 g/mol. The fraction of sp³-hybridized carbons (Fsp3) is 0.278. The van der Waals surface area contributed by atoms with E-state index in [2.05, 4.69) is 5.32 Å². The van der Waals surface area contributed by atoms with E-state index in [1.165, 1.54) is 17.0 Å². The van der Waals surface area contributed by atoms with Gasteiger partial charge in [-0.25, -0.2) is 8.42 Å². The van der Waals surface area contributed by atoms with Crippen LogP contribution in [-0.4, -0.2) is 43.8 Å². The van der Waals surface area contributed by atoms with E-state index in [9.17, 15) is 18.0 Å². The van der Waals surface area contributed by atoms with Crippen molar-refractivity contribution in [2.75, 3.05) is 10.8 Å². The molecule has 0 spiro atoms. The number of halogens is 2. The Morgan fingerprint density at radius 2 is 1.49 bits per heavy atom. The number of aryl methyl sites for hydroxylation is 1. The van der Waals surface area contributed by atoms with Gasteiger partial charge in [0, 0.05) is 22.6 Å². The number of rotatable bonds is 14. The standard InChI is InChI=1S/C36H39Cl2N3O5S/c1-5-26(4)39-36(43)34(6-2)40(23-27-14-15-28(37)22-33(27)38)35(42)24-41(47(44,45)32-20-12-25(3)13-21-32)29-16-18-31(19-17-29)46-30-10-8-7-9-11-30/h7-22,26,34H,5-6,23-24H2,1-4H3,(H,39,43)/t26-,34-/m0/s1. The summed E-state index contributed by atoms with van der Waals surface area (Å²) in [6.45, 7) is 6.88. The molecule has 248 valence electrons. The maximum absolute atomic E-state index is 14.4. The highest BCUT2D eigenvalue weighted by molar-refractivity contribution is 7.92. The van der Waals surface area contributed by atoms with E-state index in [4.69, 9.17) is 27.9 Å². The minimum Gasteiger partial charge on any atom is -0.457 e. The molecule has 11 heteroatoms. The van der Waals surface area contributed by atoms with Gasteiger partial charge in [0.25, 0.3) is 10.0 Å². The van der Waals surface area contributed by atoms with Gasteiger partial charge in [-0.15, -0.1) is 0 Å². The predicted octanol–water partition coefficient (Wildman–Crippen LogP) is 8.01. The molecule has 0 aromatic heterocycles. The van der Waals surface area contributed by atoms with Crippen LogP contribution in [0.5, 0.6) is 11.5 Å². The molecule has 8 nitrogen and oxygen atoms in total. The first-order valence-electron chi connectivity index (χ1n) is 15.4. The van der Waals surface area contributed by atoms with Crippen LogP contribution in [0.4, 0.5) is 5.69 Å². The van der Waals surface area contributed by atoms with Crippen LogP contribution in [0.3, 0.4) is 0 Å². The average molecular weight is 697 g/mol. The number of carbonyl (C=O) groups is 2. The number of hydrogen-bond acceptors (Lipinski definition) is 5. The third kappa shape index (κ3) is 9.28. The molecule has 4 aromatic carbocycles. The largest absolute Gasteiger partial charge is 0.457 e. The molecule has 1 N–H and O–H groups in total. The van der Waals surface area contributed by atoms with Crippen LogP contribution >= 0.6 is 23.2 Å². The van der Waals surface area contributed by atoms with Gasteiger partial charge in [-0.3, -0.25) is 13.9 Å². The molecule has 4 aromatic rings. The number of benzene rings is 4. The number of amides is 2. The van der Waals surface area contributed by atoms with Gasteiger partial charge < -0.3 is 15.0 Å². The molecular formula is C36H39Cl2N3O5S. The molecule has 0 heterocycles. The molecule has 0 unspecified atom stereocenters. The number of para-hydroxylation sites is 1. The minimum absolute atomic E-state index is 0.0226. The lowest BCUT2D eigenvalue weighted by Gasteiger charge is -2.34. The summed E-state index contributed by atoms with van der Waals surface area (Å²) in [5.41, 5.74) is 1.70. The summed E-state index contributed by atoms with van der Waals surface area (Å²) < 4.78 is 35.4. The van der Waals surface area contributed by atoms with E-state index in [-0.39, 0.29) is 35.5 Å². The minimum atomic E-state index is -4.23. The van der Waals surface area contributed by atoms with E-state index in [1.54, 1.807) is 61.5 Å². The molecule has 0 aliphatic rings. The number of carbonyl (C=O) groups excluding carboxylic acids is 2. The number of nitrogens with zero attached hydrogens (tertiary/aromatic N) is 2. The second-order valence-corrected chi connectivity index (χ2v) is 13.9. The molecule has 0 fully saturated rings. The fourth-order valence-electron chi connectivity index (χ4n) is 4.87. The van der Waals surface area contributed by atoms with Crippen LogP contribution < -0.4 is 14.4 Å². The van der Waals surface area contributed by atoms with E-state index in [0.717, 1.165) is 9.87 Å². The van der Waals surface area contributed by atoms with Crippen LogP contribution in [0.2, 0.25) is 10.0 Å². The van der Waals surface area contributed by atoms with Crippen molar-refractivity contribution in [2.45, 2.75) is 64.1 Å². The summed E-state index contributed by atoms with van der Waals surface area (Å²) in [6.07, 6.45) is 0.987. The summed E-state index contributed by atoms with van der Waals surface area (Å²) in [5.74, 6) is 0.196. The number of ether oxygens (including phenoxy) is 1. The maximum Gasteiger partial charge on any atom is 0.264 e. The zero-order valence-electron chi connectivity index (χ0n) is 26.8. The Balaban J connectivity index is 1.74. The Hall–Kier alpha value is -4.05. The van der Waals surface area contributed by atoms with Gasteiger partial charge in [0.1, 0.15) is 24.1 Å².